The lowest BCUT2D eigenvalue weighted by atomic mass is 10.1. The lowest BCUT2D eigenvalue weighted by molar-refractivity contribution is 0.102. The van der Waals surface area contributed by atoms with Gasteiger partial charge in [-0.05, 0) is 37.6 Å². The topological polar surface area (TPSA) is 34.1 Å². The second-order valence-electron chi connectivity index (χ2n) is 4.69. The number of Topliss-reactive ketones (excluding diaryl/α,β-unsaturated/α-hetero) is 1. The van der Waals surface area contributed by atoms with Crippen LogP contribution in [0.2, 0.25) is 0 Å². The highest BCUT2D eigenvalue weighted by Crippen LogP contribution is 2.16. The molecule has 0 bridgehead atoms. The molecule has 2 aromatic carbocycles. The molecule has 0 spiro atoms. The molecule has 1 atom stereocenters. The minimum Gasteiger partial charge on any atom is -0.293 e. The van der Waals surface area contributed by atoms with Crippen molar-refractivity contribution in [1.29, 1.82) is 0 Å². The molecule has 2 rings (SSSR count). The van der Waals surface area contributed by atoms with Gasteiger partial charge in [0.2, 0.25) is 0 Å². The first kappa shape index (κ1) is 14.6. The summed E-state index contributed by atoms with van der Waals surface area (Å²) in [4.78, 5) is 12.7. The van der Waals surface area contributed by atoms with Crippen molar-refractivity contribution in [2.45, 2.75) is 18.7 Å². The summed E-state index contributed by atoms with van der Waals surface area (Å²) >= 11 is 0. The predicted molar refractivity (Wildman–Crippen MR) is 77.9 cm³/mol. The minimum absolute atomic E-state index is 0.132. The molecule has 0 aliphatic rings. The quantitative estimate of drug-likeness (QED) is 0.808. The molecule has 20 heavy (non-hydrogen) atoms. The zero-order chi connectivity index (χ0) is 14.7. The van der Waals surface area contributed by atoms with Crippen LogP contribution in [0.15, 0.2) is 47.4 Å². The van der Waals surface area contributed by atoms with Crippen LogP contribution in [-0.2, 0) is 10.8 Å². The fourth-order valence-electron chi connectivity index (χ4n) is 2.00. The number of hydrogen-bond acceptors (Lipinski definition) is 2. The van der Waals surface area contributed by atoms with Gasteiger partial charge in [0.05, 0.1) is 16.6 Å². The molecule has 0 saturated heterocycles. The van der Waals surface area contributed by atoms with E-state index in [0.29, 0.717) is 4.90 Å². The van der Waals surface area contributed by atoms with Crippen LogP contribution < -0.4 is 0 Å². The van der Waals surface area contributed by atoms with E-state index in [1.54, 1.807) is 6.07 Å². The highest BCUT2D eigenvalue weighted by Gasteiger charge is 2.14. The second-order valence-corrected chi connectivity index (χ2v) is 6.11. The largest absolute Gasteiger partial charge is 0.293 e. The number of ketones is 1. The van der Waals surface area contributed by atoms with Crippen molar-refractivity contribution in [1.82, 2.24) is 0 Å². The zero-order valence-electron chi connectivity index (χ0n) is 11.4. The Labute approximate surface area is 120 Å². The molecule has 2 nitrogen and oxygen atoms in total. The van der Waals surface area contributed by atoms with Gasteiger partial charge in [-0.2, -0.15) is 0 Å². The number of halogens is 1. The number of hydrogen-bond donors (Lipinski definition) is 0. The van der Waals surface area contributed by atoms with Gasteiger partial charge in [-0.3, -0.25) is 9.00 Å². The Bertz CT molecular complexity index is 680. The van der Waals surface area contributed by atoms with E-state index in [9.17, 15) is 13.4 Å². The van der Waals surface area contributed by atoms with Crippen molar-refractivity contribution in [2.24, 2.45) is 0 Å². The summed E-state index contributed by atoms with van der Waals surface area (Å²) in [6.45, 7) is 3.82. The first-order valence-corrected chi connectivity index (χ1v) is 7.53. The first-order valence-electron chi connectivity index (χ1n) is 6.22. The van der Waals surface area contributed by atoms with Crippen molar-refractivity contribution in [3.8, 4) is 0 Å². The summed E-state index contributed by atoms with van der Waals surface area (Å²) in [5, 5.41) is 0. The van der Waals surface area contributed by atoms with Gasteiger partial charge < -0.3 is 0 Å². The SMILES string of the molecule is Cc1ccc(S(=O)CC(=O)c2cccc(F)c2)c(C)c1. The van der Waals surface area contributed by atoms with E-state index in [1.807, 2.05) is 26.0 Å². The van der Waals surface area contributed by atoms with Gasteiger partial charge in [0.15, 0.2) is 5.78 Å². The molecule has 0 aliphatic carbocycles. The highest BCUT2D eigenvalue weighted by molar-refractivity contribution is 7.85. The van der Waals surface area contributed by atoms with Crippen molar-refractivity contribution < 1.29 is 13.4 Å². The molecule has 0 amide bonds. The van der Waals surface area contributed by atoms with Gasteiger partial charge in [0, 0.05) is 10.5 Å². The zero-order valence-corrected chi connectivity index (χ0v) is 12.2. The molecule has 4 heteroatoms. The Morgan fingerprint density at radius 3 is 2.55 bits per heavy atom. The molecule has 0 N–H and O–H groups in total. The van der Waals surface area contributed by atoms with Gasteiger partial charge in [0.25, 0.3) is 0 Å². The smallest absolute Gasteiger partial charge is 0.175 e. The van der Waals surface area contributed by atoms with Crippen molar-refractivity contribution in [3.63, 3.8) is 0 Å². The third-order valence-corrected chi connectivity index (χ3v) is 4.46. The van der Waals surface area contributed by atoms with Crippen LogP contribution in [0.5, 0.6) is 0 Å². The lowest BCUT2D eigenvalue weighted by Crippen LogP contribution is -2.12. The van der Waals surface area contributed by atoms with Gasteiger partial charge in [0.1, 0.15) is 5.82 Å². The van der Waals surface area contributed by atoms with Crippen molar-refractivity contribution in [3.05, 3.63) is 65.0 Å². The Hall–Kier alpha value is -1.81. The average Bonchev–Trinajstić information content (AvgIpc) is 2.38. The molecule has 2 aromatic rings. The average molecular weight is 290 g/mol. The summed E-state index contributed by atoms with van der Waals surface area (Å²) in [6.07, 6.45) is 0. The van der Waals surface area contributed by atoms with E-state index in [4.69, 9.17) is 0 Å². The van der Waals surface area contributed by atoms with Gasteiger partial charge in [-0.1, -0.05) is 29.8 Å². The summed E-state index contributed by atoms with van der Waals surface area (Å²) in [5.74, 6) is -0.913. The van der Waals surface area contributed by atoms with E-state index < -0.39 is 16.6 Å². The number of rotatable bonds is 4. The molecule has 0 aliphatic heterocycles. The lowest BCUT2D eigenvalue weighted by Gasteiger charge is -2.06. The maximum absolute atomic E-state index is 13.1. The van der Waals surface area contributed by atoms with Crippen LogP contribution in [-0.4, -0.2) is 15.7 Å². The van der Waals surface area contributed by atoms with E-state index in [2.05, 4.69) is 0 Å². The number of carbonyl (C=O) groups is 1. The monoisotopic (exact) mass is 290 g/mol. The Kier molecular flexibility index (Phi) is 4.45. The summed E-state index contributed by atoms with van der Waals surface area (Å²) in [5.41, 5.74) is 2.23. The molecule has 0 aromatic heterocycles. The van der Waals surface area contributed by atoms with Crippen LogP contribution in [0.3, 0.4) is 0 Å². The van der Waals surface area contributed by atoms with Crippen LogP contribution >= 0.6 is 0 Å². The van der Waals surface area contributed by atoms with Crippen LogP contribution in [0, 0.1) is 19.7 Å². The fourth-order valence-corrected chi connectivity index (χ4v) is 3.20. The van der Waals surface area contributed by atoms with E-state index in [1.165, 1.54) is 24.3 Å². The minimum atomic E-state index is -1.41. The first-order chi connectivity index (χ1) is 9.47. The summed E-state index contributed by atoms with van der Waals surface area (Å²) in [6, 6.07) is 11.0. The van der Waals surface area contributed by atoms with Crippen LogP contribution in [0.4, 0.5) is 4.39 Å². The van der Waals surface area contributed by atoms with Crippen molar-refractivity contribution in [2.75, 3.05) is 5.75 Å². The summed E-state index contributed by atoms with van der Waals surface area (Å²) in [7, 11) is -1.41. The maximum atomic E-state index is 13.1. The normalized spacial score (nSPS) is 12.2. The van der Waals surface area contributed by atoms with Crippen LogP contribution in [0.1, 0.15) is 21.5 Å². The highest BCUT2D eigenvalue weighted by atomic mass is 32.2. The molecule has 0 radical (unpaired) electrons. The van der Waals surface area contributed by atoms with Gasteiger partial charge in [-0.15, -0.1) is 0 Å². The Morgan fingerprint density at radius 1 is 1.15 bits per heavy atom. The van der Waals surface area contributed by atoms with Gasteiger partial charge in [-0.25, -0.2) is 4.39 Å². The van der Waals surface area contributed by atoms with Crippen molar-refractivity contribution >= 4 is 16.6 Å². The number of aryl methyl sites for hydroxylation is 2. The third-order valence-electron chi connectivity index (χ3n) is 2.98. The molecule has 104 valence electrons. The molecule has 1 unspecified atom stereocenters. The number of carbonyl (C=O) groups excluding carboxylic acids is 1. The Balaban J connectivity index is 2.17. The molecule has 0 saturated carbocycles. The predicted octanol–water partition coefficient (Wildman–Crippen LogP) is 3.43. The van der Waals surface area contributed by atoms with E-state index in [0.717, 1.165) is 11.1 Å². The molecular formula is C16H15FO2S. The van der Waals surface area contributed by atoms with Crippen LogP contribution in [0.25, 0.3) is 0 Å². The molecular weight excluding hydrogens is 275 g/mol. The molecule has 0 fully saturated rings. The number of benzene rings is 2. The van der Waals surface area contributed by atoms with E-state index >= 15 is 0 Å². The summed E-state index contributed by atoms with van der Waals surface area (Å²) < 4.78 is 25.3. The fraction of sp³-hybridized carbons (Fsp3) is 0.188. The third kappa shape index (κ3) is 3.39. The maximum Gasteiger partial charge on any atom is 0.175 e. The Morgan fingerprint density at radius 2 is 1.90 bits per heavy atom. The standard InChI is InChI=1S/C16H15FO2S/c1-11-6-7-16(12(2)8-11)20(19)10-15(18)13-4-3-5-14(17)9-13/h3-9H,10H2,1-2H3. The van der Waals surface area contributed by atoms with E-state index in [-0.39, 0.29) is 17.1 Å². The second kappa shape index (κ2) is 6.09. The molecule has 0 heterocycles. The van der Waals surface area contributed by atoms with Gasteiger partial charge >= 0.3 is 0 Å².